The maximum Gasteiger partial charge on any atom is 0.573 e. The summed E-state index contributed by atoms with van der Waals surface area (Å²) in [7, 11) is 0. The Hall–Kier alpha value is -3.82. The van der Waals surface area contributed by atoms with Crippen molar-refractivity contribution in [1.82, 2.24) is 14.5 Å². The monoisotopic (exact) mass is 458 g/mol. The van der Waals surface area contributed by atoms with E-state index in [0.29, 0.717) is 16.7 Å². The van der Waals surface area contributed by atoms with E-state index in [-0.39, 0.29) is 34.9 Å². The molecule has 0 unspecified atom stereocenters. The molecule has 4 rings (SSSR count). The van der Waals surface area contributed by atoms with Crippen LogP contribution in [0, 0.1) is 0 Å². The Morgan fingerprint density at radius 1 is 1.03 bits per heavy atom. The fourth-order valence-corrected chi connectivity index (χ4v) is 3.51. The number of hydrogen-bond acceptors (Lipinski definition) is 6. The van der Waals surface area contributed by atoms with Gasteiger partial charge in [0.25, 0.3) is 0 Å². The number of nitrogens with zero attached hydrogens (tertiary/aromatic N) is 3. The van der Waals surface area contributed by atoms with E-state index < -0.39 is 12.3 Å². The number of para-hydroxylation sites is 2. The summed E-state index contributed by atoms with van der Waals surface area (Å²) in [5.41, 5.74) is 8.49. The van der Waals surface area contributed by atoms with Gasteiger partial charge in [-0.15, -0.1) is 13.2 Å². The van der Waals surface area contributed by atoms with Gasteiger partial charge < -0.3 is 15.2 Å². The minimum atomic E-state index is -4.81. The van der Waals surface area contributed by atoms with E-state index in [1.54, 1.807) is 24.3 Å². The average molecular weight is 458 g/mol. The van der Waals surface area contributed by atoms with Crippen molar-refractivity contribution < 1.29 is 27.4 Å². The van der Waals surface area contributed by atoms with Crippen LogP contribution in [0.25, 0.3) is 27.9 Å². The van der Waals surface area contributed by atoms with Crippen molar-refractivity contribution >= 4 is 34.0 Å². The molecule has 2 aromatic heterocycles. The minimum absolute atomic E-state index is 0.0327. The van der Waals surface area contributed by atoms with Crippen LogP contribution in [0.3, 0.4) is 0 Å². The molecule has 2 heterocycles. The number of esters is 1. The summed E-state index contributed by atoms with van der Waals surface area (Å²) < 4.78 is 48.3. The number of halogens is 3. The van der Waals surface area contributed by atoms with E-state index in [1.165, 1.54) is 16.7 Å². The van der Waals surface area contributed by atoms with Crippen LogP contribution in [0.2, 0.25) is 0 Å². The molecule has 0 bridgehead atoms. The summed E-state index contributed by atoms with van der Waals surface area (Å²) in [5, 5.41) is 0. The molecule has 7 nitrogen and oxygen atoms in total. The molecule has 4 aromatic rings. The van der Waals surface area contributed by atoms with Crippen molar-refractivity contribution in [1.29, 1.82) is 0 Å². The lowest BCUT2D eigenvalue weighted by Crippen LogP contribution is -2.17. The van der Waals surface area contributed by atoms with Gasteiger partial charge in [-0.25, -0.2) is 14.8 Å². The lowest BCUT2D eigenvalue weighted by atomic mass is 10.2. The lowest BCUT2D eigenvalue weighted by molar-refractivity contribution is -0.274. The molecule has 0 amide bonds. The molecule has 10 heteroatoms. The van der Waals surface area contributed by atoms with Gasteiger partial charge in [-0.05, 0) is 42.8 Å². The van der Waals surface area contributed by atoms with Gasteiger partial charge in [-0.3, -0.25) is 4.57 Å². The maximum absolute atomic E-state index is 12.9. The zero-order chi connectivity index (χ0) is 23.6. The first-order valence-corrected chi connectivity index (χ1v) is 10.4. The van der Waals surface area contributed by atoms with Crippen molar-refractivity contribution in [2.24, 2.45) is 0 Å². The van der Waals surface area contributed by atoms with Gasteiger partial charge in [-0.2, -0.15) is 0 Å². The van der Waals surface area contributed by atoms with E-state index in [2.05, 4.69) is 14.7 Å². The van der Waals surface area contributed by atoms with E-state index in [4.69, 9.17) is 10.5 Å². The fraction of sp³-hybridized carbons (Fsp3) is 0.261. The Kier molecular flexibility index (Phi) is 6.08. The molecule has 2 aromatic carbocycles. The number of hydrogen-bond donors (Lipinski definition) is 1. The van der Waals surface area contributed by atoms with Crippen LogP contribution in [0.15, 0.2) is 48.5 Å². The third-order valence-corrected chi connectivity index (χ3v) is 5.01. The first-order chi connectivity index (χ1) is 15.8. The Morgan fingerprint density at radius 3 is 2.33 bits per heavy atom. The van der Waals surface area contributed by atoms with Gasteiger partial charge in [0, 0.05) is 5.69 Å². The van der Waals surface area contributed by atoms with E-state index in [9.17, 15) is 18.0 Å². The van der Waals surface area contributed by atoms with Gasteiger partial charge in [0.15, 0.2) is 5.65 Å². The van der Waals surface area contributed by atoms with E-state index >= 15 is 0 Å². The number of nitrogens with two attached hydrogens (primary N) is 1. The Morgan fingerprint density at radius 2 is 1.70 bits per heavy atom. The minimum Gasteiger partial charge on any atom is -0.462 e. The van der Waals surface area contributed by atoms with Crippen LogP contribution < -0.4 is 10.5 Å². The average Bonchev–Trinajstić information content (AvgIpc) is 3.05. The second-order valence-electron chi connectivity index (χ2n) is 7.36. The van der Waals surface area contributed by atoms with Gasteiger partial charge in [-0.1, -0.05) is 31.9 Å². The molecule has 172 valence electrons. The molecule has 0 aliphatic heterocycles. The summed E-state index contributed by atoms with van der Waals surface area (Å²) in [4.78, 5) is 22.1. The number of alkyl halides is 3. The third-order valence-electron chi connectivity index (χ3n) is 5.01. The van der Waals surface area contributed by atoms with Crippen molar-refractivity contribution in [3.8, 4) is 11.4 Å². The molecule has 0 fully saturated rings. The summed E-state index contributed by atoms with van der Waals surface area (Å²) in [6, 6.07) is 12.2. The van der Waals surface area contributed by atoms with Crippen molar-refractivity contribution in [3.05, 3.63) is 54.1 Å². The highest BCUT2D eigenvalue weighted by Crippen LogP contribution is 2.32. The topological polar surface area (TPSA) is 92.3 Å². The quantitative estimate of drug-likeness (QED) is 0.294. The lowest BCUT2D eigenvalue weighted by Gasteiger charge is -2.11. The second-order valence-corrected chi connectivity index (χ2v) is 7.36. The van der Waals surface area contributed by atoms with Crippen molar-refractivity contribution in [3.63, 3.8) is 0 Å². The van der Waals surface area contributed by atoms with E-state index in [1.807, 2.05) is 6.92 Å². The number of carbonyl (C=O) groups is 1. The smallest absolute Gasteiger partial charge is 0.462 e. The summed E-state index contributed by atoms with van der Waals surface area (Å²) in [6.45, 7) is 2.28. The molecule has 0 atom stereocenters. The number of rotatable bonds is 7. The molecular formula is C23H21F3N4O3. The summed E-state index contributed by atoms with van der Waals surface area (Å²) in [5.74, 6) is -0.979. The second kappa shape index (κ2) is 8.97. The highest BCUT2D eigenvalue weighted by molar-refractivity contribution is 6.09. The number of nitrogen functional groups attached to an aromatic ring is 1. The largest absolute Gasteiger partial charge is 0.573 e. The standard InChI is InChI=1S/C23H21F3N4O3/c1-2-3-6-13-32-22(31)18-19-21(29-17-8-5-4-7-16(17)28-19)30(20(18)27)14-9-11-15(12-10-14)33-23(24,25)26/h4-5,7-12H,2-3,6,13,27H2,1H3. The SMILES string of the molecule is CCCCCOC(=O)c1c(N)n(-c2ccc(OC(F)(F)F)cc2)c2nc3ccccc3nc12. The molecule has 0 saturated heterocycles. The van der Waals surface area contributed by atoms with Crippen LogP contribution in [-0.4, -0.2) is 33.5 Å². The van der Waals surface area contributed by atoms with E-state index in [0.717, 1.165) is 31.4 Å². The van der Waals surface area contributed by atoms with Crippen LogP contribution in [0.4, 0.5) is 19.0 Å². The van der Waals surface area contributed by atoms with Crippen molar-refractivity contribution in [2.45, 2.75) is 32.5 Å². The molecule has 0 aliphatic carbocycles. The Balaban J connectivity index is 1.82. The predicted octanol–water partition coefficient (Wildman–Crippen LogP) is 5.40. The van der Waals surface area contributed by atoms with Gasteiger partial charge in [0.2, 0.25) is 0 Å². The number of fused-ring (bicyclic) bond motifs is 2. The normalized spacial score (nSPS) is 11.8. The Labute approximate surface area is 186 Å². The molecule has 2 N–H and O–H groups in total. The summed E-state index contributed by atoms with van der Waals surface area (Å²) >= 11 is 0. The number of ether oxygens (including phenoxy) is 2. The molecule has 33 heavy (non-hydrogen) atoms. The Bertz CT molecular complexity index is 1300. The van der Waals surface area contributed by atoms with Crippen LogP contribution >= 0.6 is 0 Å². The predicted molar refractivity (Wildman–Crippen MR) is 117 cm³/mol. The number of aromatic nitrogens is 3. The van der Waals surface area contributed by atoms with Crippen LogP contribution in [-0.2, 0) is 4.74 Å². The molecule has 0 spiro atoms. The van der Waals surface area contributed by atoms with Crippen LogP contribution in [0.5, 0.6) is 5.75 Å². The molecule has 0 radical (unpaired) electrons. The first kappa shape index (κ1) is 22.4. The van der Waals surface area contributed by atoms with Gasteiger partial charge in [0.05, 0.1) is 17.6 Å². The fourth-order valence-electron chi connectivity index (χ4n) is 3.51. The molecule has 0 saturated carbocycles. The number of benzene rings is 2. The zero-order valence-corrected chi connectivity index (χ0v) is 17.7. The molecular weight excluding hydrogens is 437 g/mol. The third kappa shape index (κ3) is 4.69. The number of anilines is 1. The van der Waals surface area contributed by atoms with Gasteiger partial charge >= 0.3 is 12.3 Å². The van der Waals surface area contributed by atoms with Crippen molar-refractivity contribution in [2.75, 3.05) is 12.3 Å². The maximum atomic E-state index is 12.9. The molecule has 0 aliphatic rings. The van der Waals surface area contributed by atoms with Crippen LogP contribution in [0.1, 0.15) is 36.5 Å². The number of unbranched alkanes of at least 4 members (excludes halogenated alkanes) is 2. The zero-order valence-electron chi connectivity index (χ0n) is 17.7. The van der Waals surface area contributed by atoms with Gasteiger partial charge in [0.1, 0.15) is 22.6 Å². The number of carbonyl (C=O) groups excluding carboxylic acids is 1. The first-order valence-electron chi connectivity index (χ1n) is 10.4. The highest BCUT2D eigenvalue weighted by Gasteiger charge is 2.31. The highest BCUT2D eigenvalue weighted by atomic mass is 19.4. The summed E-state index contributed by atoms with van der Waals surface area (Å²) in [6.07, 6.45) is -2.19.